The van der Waals surface area contributed by atoms with Crippen LogP contribution in [0.3, 0.4) is 0 Å². The summed E-state index contributed by atoms with van der Waals surface area (Å²) in [4.78, 5) is 0. The van der Waals surface area contributed by atoms with Crippen LogP contribution >= 0.6 is 15.9 Å². The van der Waals surface area contributed by atoms with Gasteiger partial charge in [0.1, 0.15) is 0 Å². The summed E-state index contributed by atoms with van der Waals surface area (Å²) in [6, 6.07) is 0. The zero-order valence-electron chi connectivity index (χ0n) is 5.13. The predicted molar refractivity (Wildman–Crippen MR) is 40.6 cm³/mol. The highest BCUT2D eigenvalue weighted by molar-refractivity contribution is 9.09. The molecule has 0 aliphatic rings. The molecule has 0 rings (SSSR count). The summed E-state index contributed by atoms with van der Waals surface area (Å²) in [5.74, 6) is 0. The second kappa shape index (κ2) is 4.97. The zero-order chi connectivity index (χ0) is 7.28. The van der Waals surface area contributed by atoms with Crippen molar-refractivity contribution in [1.82, 2.24) is 0 Å². The van der Waals surface area contributed by atoms with Gasteiger partial charge in [-0.3, -0.25) is 0 Å². The average Bonchev–Trinajstić information content (AvgIpc) is 1.87. The molecule has 54 valence electrons. The molecule has 0 amide bonds. The molecule has 0 aromatic carbocycles. The smallest absolute Gasteiger partial charge is 0.0977 e. The van der Waals surface area contributed by atoms with Crippen molar-refractivity contribution in [2.75, 3.05) is 5.33 Å². The summed E-state index contributed by atoms with van der Waals surface area (Å²) in [5, 5.41) is 18.5. The average molecular weight is 195 g/mol. The Morgan fingerprint density at radius 2 is 2.11 bits per heavy atom. The van der Waals surface area contributed by atoms with Gasteiger partial charge in [-0.15, -0.1) is 6.58 Å². The quantitative estimate of drug-likeness (QED) is 0.511. The first-order valence-electron chi connectivity index (χ1n) is 2.77. The summed E-state index contributed by atoms with van der Waals surface area (Å²) in [5.41, 5.74) is 0. The number of rotatable bonds is 4. The maximum Gasteiger partial charge on any atom is 0.0977 e. The van der Waals surface area contributed by atoms with E-state index in [0.717, 1.165) is 0 Å². The van der Waals surface area contributed by atoms with E-state index in [4.69, 9.17) is 10.2 Å². The second-order valence-electron chi connectivity index (χ2n) is 1.77. The first-order chi connectivity index (χ1) is 4.22. The lowest BCUT2D eigenvalue weighted by molar-refractivity contribution is 0.0478. The minimum absolute atomic E-state index is 0.549. The van der Waals surface area contributed by atoms with E-state index in [1.165, 1.54) is 6.08 Å². The van der Waals surface area contributed by atoms with E-state index in [2.05, 4.69) is 22.5 Å². The minimum Gasteiger partial charge on any atom is -0.390 e. The van der Waals surface area contributed by atoms with Crippen LogP contribution in [0.15, 0.2) is 12.7 Å². The van der Waals surface area contributed by atoms with Crippen molar-refractivity contribution in [2.45, 2.75) is 18.6 Å². The summed E-state index contributed by atoms with van der Waals surface area (Å²) in [6.07, 6.45) is 0.407. The fourth-order valence-corrected chi connectivity index (χ4v) is 0.909. The summed E-state index contributed by atoms with van der Waals surface area (Å²) < 4.78 is 0. The van der Waals surface area contributed by atoms with E-state index in [1.807, 2.05) is 0 Å². The number of aliphatic hydroxyl groups excluding tert-OH is 2. The number of hydrogen-bond acceptors (Lipinski definition) is 2. The summed E-state index contributed by atoms with van der Waals surface area (Å²) >= 11 is 3.14. The molecule has 9 heavy (non-hydrogen) atoms. The van der Waals surface area contributed by atoms with E-state index < -0.39 is 12.2 Å². The molecule has 0 fully saturated rings. The van der Waals surface area contributed by atoms with Crippen molar-refractivity contribution >= 4 is 15.9 Å². The Labute approximate surface area is 63.3 Å². The molecular formula is C6H11BrO2. The van der Waals surface area contributed by atoms with Gasteiger partial charge in [-0.2, -0.15) is 0 Å². The molecule has 2 nitrogen and oxygen atoms in total. The molecule has 0 radical (unpaired) electrons. The molecule has 0 aliphatic heterocycles. The van der Waals surface area contributed by atoms with Crippen molar-refractivity contribution in [3.8, 4) is 0 Å². The van der Waals surface area contributed by atoms with Crippen molar-refractivity contribution in [1.29, 1.82) is 0 Å². The maximum absolute atomic E-state index is 8.97. The van der Waals surface area contributed by atoms with Gasteiger partial charge in [0.25, 0.3) is 0 Å². The van der Waals surface area contributed by atoms with Gasteiger partial charge in [0.15, 0.2) is 0 Å². The van der Waals surface area contributed by atoms with Crippen LogP contribution in [0, 0.1) is 0 Å². The highest BCUT2D eigenvalue weighted by Gasteiger charge is 2.10. The minimum atomic E-state index is -0.789. The highest BCUT2D eigenvalue weighted by atomic mass is 79.9. The van der Waals surface area contributed by atoms with Gasteiger partial charge in [0.05, 0.1) is 12.2 Å². The van der Waals surface area contributed by atoms with Crippen LogP contribution in [0.4, 0.5) is 0 Å². The third-order valence-electron chi connectivity index (χ3n) is 1.04. The second-order valence-corrected chi connectivity index (χ2v) is 2.56. The van der Waals surface area contributed by atoms with Crippen LogP contribution in [-0.4, -0.2) is 27.8 Å². The molecule has 0 heterocycles. The van der Waals surface area contributed by atoms with Gasteiger partial charge >= 0.3 is 0 Å². The molecule has 0 bridgehead atoms. The summed E-state index contributed by atoms with van der Waals surface area (Å²) in [7, 11) is 0. The predicted octanol–water partition coefficient (Wildman–Crippen LogP) is 0.679. The molecule has 0 spiro atoms. The van der Waals surface area contributed by atoms with Crippen LogP contribution in [0.25, 0.3) is 0 Å². The number of halogens is 1. The van der Waals surface area contributed by atoms with E-state index in [0.29, 0.717) is 11.8 Å². The monoisotopic (exact) mass is 194 g/mol. The largest absolute Gasteiger partial charge is 0.390 e. The Kier molecular flexibility index (Phi) is 5.04. The van der Waals surface area contributed by atoms with Crippen LogP contribution in [0.1, 0.15) is 6.42 Å². The molecule has 3 heteroatoms. The van der Waals surface area contributed by atoms with Crippen molar-refractivity contribution in [2.24, 2.45) is 0 Å². The van der Waals surface area contributed by atoms with Crippen LogP contribution in [0.5, 0.6) is 0 Å². The zero-order valence-corrected chi connectivity index (χ0v) is 6.71. The van der Waals surface area contributed by atoms with E-state index in [-0.39, 0.29) is 0 Å². The molecular weight excluding hydrogens is 184 g/mol. The molecule has 0 aromatic rings. The lowest BCUT2D eigenvalue weighted by Gasteiger charge is -2.11. The first kappa shape index (κ1) is 9.14. The Morgan fingerprint density at radius 3 is 2.44 bits per heavy atom. The van der Waals surface area contributed by atoms with Crippen LogP contribution in [0.2, 0.25) is 0 Å². The van der Waals surface area contributed by atoms with Gasteiger partial charge in [0, 0.05) is 5.33 Å². The van der Waals surface area contributed by atoms with E-state index in [9.17, 15) is 0 Å². The normalized spacial score (nSPS) is 16.8. The summed E-state index contributed by atoms with van der Waals surface area (Å²) in [6.45, 7) is 3.34. The van der Waals surface area contributed by atoms with Crippen LogP contribution in [-0.2, 0) is 0 Å². The van der Waals surface area contributed by atoms with Gasteiger partial charge < -0.3 is 10.2 Å². The Bertz CT molecular complexity index is 85.1. The molecule has 2 N–H and O–H groups in total. The SMILES string of the molecule is C=CC(O)C(O)CCBr. The van der Waals surface area contributed by atoms with E-state index in [1.54, 1.807) is 0 Å². The Hall–Kier alpha value is 0.140. The lowest BCUT2D eigenvalue weighted by Crippen LogP contribution is -2.23. The first-order valence-corrected chi connectivity index (χ1v) is 3.89. The fourth-order valence-electron chi connectivity index (χ4n) is 0.440. The maximum atomic E-state index is 8.97. The Balaban J connectivity index is 3.44. The van der Waals surface area contributed by atoms with Crippen LogP contribution < -0.4 is 0 Å². The Morgan fingerprint density at radius 1 is 1.56 bits per heavy atom. The van der Waals surface area contributed by atoms with E-state index >= 15 is 0 Å². The van der Waals surface area contributed by atoms with Gasteiger partial charge in [-0.25, -0.2) is 0 Å². The standard InChI is InChI=1S/C6H11BrO2/c1-2-5(8)6(9)3-4-7/h2,5-6,8-9H,1,3-4H2. The molecule has 2 atom stereocenters. The number of hydrogen-bond donors (Lipinski definition) is 2. The van der Waals surface area contributed by atoms with Crippen molar-refractivity contribution < 1.29 is 10.2 Å². The molecule has 0 aromatic heterocycles. The van der Waals surface area contributed by atoms with Crippen molar-refractivity contribution in [3.05, 3.63) is 12.7 Å². The molecule has 0 saturated heterocycles. The molecule has 0 saturated carbocycles. The third kappa shape index (κ3) is 3.67. The molecule has 2 unspecified atom stereocenters. The fraction of sp³-hybridized carbons (Fsp3) is 0.667. The van der Waals surface area contributed by atoms with Gasteiger partial charge in [0.2, 0.25) is 0 Å². The number of aliphatic hydroxyl groups is 2. The molecule has 0 aliphatic carbocycles. The van der Waals surface area contributed by atoms with Crippen molar-refractivity contribution in [3.63, 3.8) is 0 Å². The van der Waals surface area contributed by atoms with Gasteiger partial charge in [-0.05, 0) is 6.42 Å². The number of alkyl halides is 1. The third-order valence-corrected chi connectivity index (χ3v) is 1.50. The topological polar surface area (TPSA) is 40.5 Å². The lowest BCUT2D eigenvalue weighted by atomic mass is 10.1. The van der Waals surface area contributed by atoms with Gasteiger partial charge in [-0.1, -0.05) is 22.0 Å². The highest BCUT2D eigenvalue weighted by Crippen LogP contribution is 2.01.